The predicted octanol–water partition coefficient (Wildman–Crippen LogP) is 2.87. The molecule has 0 radical (unpaired) electrons. The molecule has 0 bridgehead atoms. The lowest BCUT2D eigenvalue weighted by Crippen LogP contribution is -1.86. The van der Waals surface area contributed by atoms with Crippen LogP contribution in [0.15, 0.2) is 24.3 Å². The fourth-order valence-corrected chi connectivity index (χ4v) is 1.67. The third-order valence-electron chi connectivity index (χ3n) is 2.17. The van der Waals surface area contributed by atoms with Crippen molar-refractivity contribution in [3.8, 4) is 5.75 Å². The monoisotopic (exact) mass is 194 g/mol. The standard InChI is InChI=1S/C11H11ClO/c12-7-2-4-9-3-1-5-11-10(9)6-8-13-11/h1-5H,6-8H2. The summed E-state index contributed by atoms with van der Waals surface area (Å²) >= 11 is 5.58. The second-order valence-corrected chi connectivity index (χ2v) is 3.29. The molecule has 0 saturated heterocycles. The summed E-state index contributed by atoms with van der Waals surface area (Å²) in [6, 6.07) is 6.12. The first kappa shape index (κ1) is 8.64. The van der Waals surface area contributed by atoms with E-state index in [0.717, 1.165) is 18.8 Å². The van der Waals surface area contributed by atoms with E-state index in [9.17, 15) is 0 Å². The summed E-state index contributed by atoms with van der Waals surface area (Å²) in [5, 5.41) is 0. The summed E-state index contributed by atoms with van der Waals surface area (Å²) in [7, 11) is 0. The predicted molar refractivity (Wildman–Crippen MR) is 55.4 cm³/mol. The molecule has 1 aliphatic rings. The van der Waals surface area contributed by atoms with Gasteiger partial charge in [-0.1, -0.05) is 24.3 Å². The maximum atomic E-state index is 5.58. The van der Waals surface area contributed by atoms with Crippen LogP contribution in [0.4, 0.5) is 0 Å². The molecular formula is C11H11ClO. The lowest BCUT2D eigenvalue weighted by molar-refractivity contribution is 0.357. The van der Waals surface area contributed by atoms with E-state index in [2.05, 4.69) is 12.1 Å². The minimum absolute atomic E-state index is 0.560. The van der Waals surface area contributed by atoms with Gasteiger partial charge in [-0.25, -0.2) is 0 Å². The minimum atomic E-state index is 0.560. The number of halogens is 1. The van der Waals surface area contributed by atoms with Crippen LogP contribution in [-0.2, 0) is 6.42 Å². The summed E-state index contributed by atoms with van der Waals surface area (Å²) in [4.78, 5) is 0. The Bertz CT molecular complexity index is 331. The summed E-state index contributed by atoms with van der Waals surface area (Å²) < 4.78 is 5.45. The molecule has 0 fully saturated rings. The number of benzene rings is 1. The fourth-order valence-electron chi connectivity index (χ4n) is 1.58. The van der Waals surface area contributed by atoms with E-state index in [1.807, 2.05) is 18.2 Å². The molecule has 0 spiro atoms. The van der Waals surface area contributed by atoms with E-state index in [4.69, 9.17) is 16.3 Å². The van der Waals surface area contributed by atoms with Crippen molar-refractivity contribution in [3.05, 3.63) is 35.4 Å². The zero-order chi connectivity index (χ0) is 9.10. The Kier molecular flexibility index (Phi) is 2.55. The average molecular weight is 195 g/mol. The minimum Gasteiger partial charge on any atom is -0.493 e. The molecule has 1 aromatic rings. The highest BCUT2D eigenvalue weighted by Gasteiger charge is 2.13. The molecule has 0 saturated carbocycles. The Morgan fingerprint density at radius 3 is 3.23 bits per heavy atom. The first-order valence-electron chi connectivity index (χ1n) is 4.39. The molecule has 2 heteroatoms. The van der Waals surface area contributed by atoms with Gasteiger partial charge in [0.15, 0.2) is 0 Å². The molecule has 1 nitrogen and oxygen atoms in total. The molecule has 2 rings (SSSR count). The van der Waals surface area contributed by atoms with Crippen molar-refractivity contribution in [2.24, 2.45) is 0 Å². The molecule has 0 aliphatic carbocycles. The third-order valence-corrected chi connectivity index (χ3v) is 2.34. The lowest BCUT2D eigenvalue weighted by atomic mass is 10.1. The molecule has 68 valence electrons. The van der Waals surface area contributed by atoms with Crippen molar-refractivity contribution in [1.82, 2.24) is 0 Å². The molecule has 1 heterocycles. The Labute approximate surface area is 83.0 Å². The summed E-state index contributed by atoms with van der Waals surface area (Å²) in [6.45, 7) is 0.807. The van der Waals surface area contributed by atoms with Crippen LogP contribution in [0.1, 0.15) is 11.1 Å². The molecule has 0 atom stereocenters. The van der Waals surface area contributed by atoms with Crippen LogP contribution in [0, 0.1) is 0 Å². The summed E-state index contributed by atoms with van der Waals surface area (Å²) in [5.41, 5.74) is 2.54. The van der Waals surface area contributed by atoms with Crippen molar-refractivity contribution in [2.45, 2.75) is 6.42 Å². The number of hydrogen-bond acceptors (Lipinski definition) is 1. The van der Waals surface area contributed by atoms with Gasteiger partial charge in [0.05, 0.1) is 6.61 Å². The Morgan fingerprint density at radius 1 is 1.46 bits per heavy atom. The fraction of sp³-hybridized carbons (Fsp3) is 0.273. The van der Waals surface area contributed by atoms with E-state index in [1.54, 1.807) is 0 Å². The van der Waals surface area contributed by atoms with Gasteiger partial charge in [0, 0.05) is 17.9 Å². The topological polar surface area (TPSA) is 9.23 Å². The highest BCUT2D eigenvalue weighted by Crippen LogP contribution is 2.28. The van der Waals surface area contributed by atoms with E-state index in [-0.39, 0.29) is 0 Å². The number of fused-ring (bicyclic) bond motifs is 1. The van der Waals surface area contributed by atoms with Crippen molar-refractivity contribution in [1.29, 1.82) is 0 Å². The molecule has 1 aliphatic heterocycles. The quantitative estimate of drug-likeness (QED) is 0.658. The number of alkyl halides is 1. The molecule has 0 aromatic heterocycles. The second-order valence-electron chi connectivity index (χ2n) is 2.98. The van der Waals surface area contributed by atoms with Gasteiger partial charge in [0.25, 0.3) is 0 Å². The first-order valence-corrected chi connectivity index (χ1v) is 4.92. The van der Waals surface area contributed by atoms with E-state index in [0.29, 0.717) is 5.88 Å². The lowest BCUT2D eigenvalue weighted by Gasteiger charge is -2.01. The maximum Gasteiger partial charge on any atom is 0.123 e. The molecule has 0 amide bonds. The first-order chi connectivity index (χ1) is 6.42. The maximum absolute atomic E-state index is 5.58. The molecule has 1 aromatic carbocycles. The zero-order valence-corrected chi connectivity index (χ0v) is 8.05. The Balaban J connectivity index is 2.36. The highest BCUT2D eigenvalue weighted by molar-refractivity contribution is 6.19. The van der Waals surface area contributed by atoms with Gasteiger partial charge in [-0.05, 0) is 11.6 Å². The Hall–Kier alpha value is -0.950. The summed E-state index contributed by atoms with van der Waals surface area (Å²) in [5.74, 6) is 1.58. The van der Waals surface area contributed by atoms with Gasteiger partial charge in [0.2, 0.25) is 0 Å². The van der Waals surface area contributed by atoms with Crippen LogP contribution in [-0.4, -0.2) is 12.5 Å². The van der Waals surface area contributed by atoms with Gasteiger partial charge in [0.1, 0.15) is 5.75 Å². The normalized spacial score (nSPS) is 14.5. The highest BCUT2D eigenvalue weighted by atomic mass is 35.5. The summed E-state index contributed by atoms with van der Waals surface area (Å²) in [6.07, 6.45) is 5.02. The number of hydrogen-bond donors (Lipinski definition) is 0. The van der Waals surface area contributed by atoms with Crippen molar-refractivity contribution in [2.75, 3.05) is 12.5 Å². The van der Waals surface area contributed by atoms with Gasteiger partial charge < -0.3 is 4.74 Å². The van der Waals surface area contributed by atoms with E-state index in [1.165, 1.54) is 11.1 Å². The van der Waals surface area contributed by atoms with Crippen molar-refractivity contribution >= 4 is 17.7 Å². The van der Waals surface area contributed by atoms with Crippen LogP contribution < -0.4 is 4.74 Å². The van der Waals surface area contributed by atoms with Gasteiger partial charge in [-0.15, -0.1) is 11.6 Å². The molecular weight excluding hydrogens is 184 g/mol. The largest absolute Gasteiger partial charge is 0.493 e. The van der Waals surface area contributed by atoms with Crippen molar-refractivity contribution < 1.29 is 4.74 Å². The Morgan fingerprint density at radius 2 is 2.38 bits per heavy atom. The van der Waals surface area contributed by atoms with E-state index < -0.39 is 0 Å². The van der Waals surface area contributed by atoms with Gasteiger partial charge >= 0.3 is 0 Å². The third kappa shape index (κ3) is 1.70. The van der Waals surface area contributed by atoms with Crippen LogP contribution in [0.2, 0.25) is 0 Å². The number of allylic oxidation sites excluding steroid dienone is 1. The zero-order valence-electron chi connectivity index (χ0n) is 7.29. The SMILES string of the molecule is ClCC=Cc1cccc2c1CCO2. The van der Waals surface area contributed by atoms with Crippen molar-refractivity contribution in [3.63, 3.8) is 0 Å². The van der Waals surface area contributed by atoms with Gasteiger partial charge in [-0.3, -0.25) is 0 Å². The van der Waals surface area contributed by atoms with Crippen LogP contribution in [0.3, 0.4) is 0 Å². The smallest absolute Gasteiger partial charge is 0.123 e. The molecule has 0 N–H and O–H groups in total. The average Bonchev–Trinajstić information content (AvgIpc) is 2.62. The van der Waals surface area contributed by atoms with Crippen LogP contribution in [0.25, 0.3) is 6.08 Å². The number of ether oxygens (including phenoxy) is 1. The molecule has 13 heavy (non-hydrogen) atoms. The number of rotatable bonds is 2. The molecule has 0 unspecified atom stereocenters. The van der Waals surface area contributed by atoms with Crippen LogP contribution in [0.5, 0.6) is 5.75 Å². The second kappa shape index (κ2) is 3.84. The van der Waals surface area contributed by atoms with Gasteiger partial charge in [-0.2, -0.15) is 0 Å². The van der Waals surface area contributed by atoms with Crippen LogP contribution >= 0.6 is 11.6 Å². The van der Waals surface area contributed by atoms with E-state index >= 15 is 0 Å².